The minimum absolute atomic E-state index is 0.308. The molecule has 3 aromatic carbocycles. The van der Waals surface area contributed by atoms with Gasteiger partial charge in [-0.2, -0.15) is 0 Å². The van der Waals surface area contributed by atoms with Gasteiger partial charge >= 0.3 is 0 Å². The van der Waals surface area contributed by atoms with Crippen molar-refractivity contribution < 1.29 is 5.11 Å². The van der Waals surface area contributed by atoms with Crippen molar-refractivity contribution in [1.29, 1.82) is 0 Å². The molecule has 4 aromatic rings. The molecule has 0 spiro atoms. The number of H-pyrrole nitrogens is 1. The number of phenolic OH excluding ortho intramolecular Hbond substituents is 1. The number of aromatic amines is 1. The van der Waals surface area contributed by atoms with Crippen LogP contribution < -0.4 is 0 Å². The molecular formula is C23H21NO. The van der Waals surface area contributed by atoms with E-state index >= 15 is 0 Å². The SMILES string of the molecule is Cc1ccccc1Cc1[nH]c2ccccc2c1Cc1ccc(O)cc1. The first kappa shape index (κ1) is 15.5. The molecule has 25 heavy (non-hydrogen) atoms. The van der Waals surface area contributed by atoms with Crippen LogP contribution in [-0.4, -0.2) is 10.1 Å². The van der Waals surface area contributed by atoms with Gasteiger partial charge in [-0.3, -0.25) is 0 Å². The highest BCUT2D eigenvalue weighted by Crippen LogP contribution is 2.28. The smallest absolute Gasteiger partial charge is 0.115 e. The van der Waals surface area contributed by atoms with E-state index in [1.54, 1.807) is 12.1 Å². The number of rotatable bonds is 4. The maximum atomic E-state index is 9.53. The van der Waals surface area contributed by atoms with Gasteiger partial charge in [0.2, 0.25) is 0 Å². The first-order chi connectivity index (χ1) is 12.2. The van der Waals surface area contributed by atoms with Gasteiger partial charge in [0.1, 0.15) is 5.75 Å². The Bertz CT molecular complexity index is 1010. The van der Waals surface area contributed by atoms with Crippen molar-refractivity contribution in [1.82, 2.24) is 4.98 Å². The summed E-state index contributed by atoms with van der Waals surface area (Å²) < 4.78 is 0. The molecule has 0 saturated heterocycles. The van der Waals surface area contributed by atoms with Crippen LogP contribution in [0.15, 0.2) is 72.8 Å². The number of aromatic hydroxyl groups is 1. The van der Waals surface area contributed by atoms with Gasteiger partial charge in [-0.1, -0.05) is 54.6 Å². The molecular weight excluding hydrogens is 306 g/mol. The second-order valence-electron chi connectivity index (χ2n) is 6.57. The van der Waals surface area contributed by atoms with E-state index in [4.69, 9.17) is 0 Å². The Morgan fingerprint density at radius 3 is 2.32 bits per heavy atom. The van der Waals surface area contributed by atoms with E-state index in [2.05, 4.69) is 60.4 Å². The van der Waals surface area contributed by atoms with Crippen molar-refractivity contribution in [2.24, 2.45) is 0 Å². The van der Waals surface area contributed by atoms with Crippen LogP contribution in [-0.2, 0) is 12.8 Å². The van der Waals surface area contributed by atoms with Crippen molar-refractivity contribution in [3.8, 4) is 5.75 Å². The molecule has 1 aromatic heterocycles. The lowest BCUT2D eigenvalue weighted by molar-refractivity contribution is 0.475. The number of aromatic nitrogens is 1. The molecule has 0 aliphatic heterocycles. The normalized spacial score (nSPS) is 11.1. The quantitative estimate of drug-likeness (QED) is 0.520. The Hall–Kier alpha value is -3.00. The fraction of sp³-hybridized carbons (Fsp3) is 0.130. The molecule has 1 heterocycles. The van der Waals surface area contributed by atoms with Crippen LogP contribution in [0.1, 0.15) is 27.9 Å². The third-order valence-electron chi connectivity index (χ3n) is 4.85. The van der Waals surface area contributed by atoms with Crippen LogP contribution in [0, 0.1) is 6.92 Å². The third kappa shape index (κ3) is 3.16. The first-order valence-corrected chi connectivity index (χ1v) is 8.61. The topological polar surface area (TPSA) is 36.0 Å². The number of hydrogen-bond acceptors (Lipinski definition) is 1. The Morgan fingerprint density at radius 1 is 0.800 bits per heavy atom. The number of nitrogens with one attached hydrogen (secondary N) is 1. The molecule has 0 saturated carbocycles. The largest absolute Gasteiger partial charge is 0.508 e. The number of phenols is 1. The zero-order valence-corrected chi connectivity index (χ0v) is 14.3. The van der Waals surface area contributed by atoms with E-state index in [-0.39, 0.29) is 0 Å². The lowest BCUT2D eigenvalue weighted by atomic mass is 9.97. The van der Waals surface area contributed by atoms with E-state index in [0.29, 0.717) is 5.75 Å². The van der Waals surface area contributed by atoms with Crippen LogP contribution in [0.2, 0.25) is 0 Å². The molecule has 0 fully saturated rings. The van der Waals surface area contributed by atoms with E-state index in [9.17, 15) is 5.11 Å². The van der Waals surface area contributed by atoms with Gasteiger partial charge in [0, 0.05) is 23.0 Å². The molecule has 0 radical (unpaired) electrons. The van der Waals surface area contributed by atoms with Crippen LogP contribution in [0.4, 0.5) is 0 Å². The summed E-state index contributed by atoms with van der Waals surface area (Å²) in [5.74, 6) is 0.308. The molecule has 2 heteroatoms. The number of benzene rings is 3. The second kappa shape index (κ2) is 6.48. The molecule has 124 valence electrons. The maximum Gasteiger partial charge on any atom is 0.115 e. The van der Waals surface area contributed by atoms with Gasteiger partial charge in [0.25, 0.3) is 0 Å². The Labute approximate surface area is 147 Å². The van der Waals surface area contributed by atoms with Crippen molar-refractivity contribution >= 4 is 10.9 Å². The van der Waals surface area contributed by atoms with Crippen LogP contribution in [0.5, 0.6) is 5.75 Å². The zero-order valence-electron chi connectivity index (χ0n) is 14.3. The summed E-state index contributed by atoms with van der Waals surface area (Å²) in [5.41, 5.74) is 7.65. The molecule has 0 unspecified atom stereocenters. The van der Waals surface area contributed by atoms with E-state index in [1.807, 2.05) is 12.1 Å². The predicted molar refractivity (Wildman–Crippen MR) is 103 cm³/mol. The number of fused-ring (bicyclic) bond motifs is 1. The summed E-state index contributed by atoms with van der Waals surface area (Å²) in [5, 5.41) is 10.8. The summed E-state index contributed by atoms with van der Waals surface area (Å²) in [6.07, 6.45) is 1.75. The monoisotopic (exact) mass is 327 g/mol. The fourth-order valence-electron chi connectivity index (χ4n) is 3.43. The molecule has 4 rings (SSSR count). The molecule has 2 N–H and O–H groups in total. The fourth-order valence-corrected chi connectivity index (χ4v) is 3.43. The van der Waals surface area contributed by atoms with Crippen molar-refractivity contribution in [3.05, 3.63) is 101 Å². The molecule has 0 bridgehead atoms. The highest BCUT2D eigenvalue weighted by molar-refractivity contribution is 5.85. The van der Waals surface area contributed by atoms with E-state index in [0.717, 1.165) is 12.8 Å². The second-order valence-corrected chi connectivity index (χ2v) is 6.57. The van der Waals surface area contributed by atoms with Crippen molar-refractivity contribution in [2.45, 2.75) is 19.8 Å². The number of hydrogen-bond donors (Lipinski definition) is 2. The first-order valence-electron chi connectivity index (χ1n) is 8.61. The lowest BCUT2D eigenvalue weighted by Crippen LogP contribution is -1.97. The summed E-state index contributed by atoms with van der Waals surface area (Å²) in [7, 11) is 0. The minimum atomic E-state index is 0.308. The van der Waals surface area contributed by atoms with Crippen LogP contribution in [0.3, 0.4) is 0 Å². The van der Waals surface area contributed by atoms with Gasteiger partial charge in [-0.15, -0.1) is 0 Å². The molecule has 2 nitrogen and oxygen atoms in total. The van der Waals surface area contributed by atoms with Gasteiger partial charge < -0.3 is 10.1 Å². The summed E-state index contributed by atoms with van der Waals surface area (Å²) in [6, 6.07) is 24.5. The van der Waals surface area contributed by atoms with Gasteiger partial charge in [-0.05, 0) is 53.8 Å². The maximum absolute atomic E-state index is 9.53. The molecule has 0 amide bonds. The summed E-state index contributed by atoms with van der Waals surface area (Å²) in [4.78, 5) is 3.62. The van der Waals surface area contributed by atoms with E-state index in [1.165, 1.54) is 38.9 Å². The van der Waals surface area contributed by atoms with Crippen molar-refractivity contribution in [2.75, 3.05) is 0 Å². The number of para-hydroxylation sites is 1. The molecule has 0 aliphatic carbocycles. The molecule has 0 atom stereocenters. The van der Waals surface area contributed by atoms with Crippen LogP contribution in [0.25, 0.3) is 10.9 Å². The zero-order chi connectivity index (χ0) is 17.2. The average Bonchev–Trinajstić information content (AvgIpc) is 2.96. The number of aryl methyl sites for hydroxylation is 1. The van der Waals surface area contributed by atoms with Crippen molar-refractivity contribution in [3.63, 3.8) is 0 Å². The minimum Gasteiger partial charge on any atom is -0.508 e. The highest BCUT2D eigenvalue weighted by Gasteiger charge is 2.13. The van der Waals surface area contributed by atoms with Crippen LogP contribution >= 0.6 is 0 Å². The molecule has 0 aliphatic rings. The predicted octanol–water partition coefficient (Wildman–Crippen LogP) is 5.36. The van der Waals surface area contributed by atoms with Gasteiger partial charge in [-0.25, -0.2) is 0 Å². The van der Waals surface area contributed by atoms with Gasteiger partial charge in [0.15, 0.2) is 0 Å². The Balaban J connectivity index is 1.78. The highest BCUT2D eigenvalue weighted by atomic mass is 16.3. The summed E-state index contributed by atoms with van der Waals surface area (Å²) in [6.45, 7) is 2.16. The Kier molecular flexibility index (Phi) is 4.02. The Morgan fingerprint density at radius 2 is 1.52 bits per heavy atom. The summed E-state index contributed by atoms with van der Waals surface area (Å²) >= 11 is 0. The van der Waals surface area contributed by atoms with E-state index < -0.39 is 0 Å². The lowest BCUT2D eigenvalue weighted by Gasteiger charge is -2.08. The standard InChI is InChI=1S/C23H21NO/c1-16-6-2-3-7-18(16)15-23-21(14-17-10-12-19(25)13-11-17)20-8-4-5-9-22(20)24-23/h2-13,24-25H,14-15H2,1H3. The third-order valence-corrected chi connectivity index (χ3v) is 4.85. The average molecular weight is 327 g/mol. The van der Waals surface area contributed by atoms with Gasteiger partial charge in [0.05, 0.1) is 0 Å².